The molecule has 0 saturated carbocycles. The molecule has 2 heterocycles. The van der Waals surface area contributed by atoms with Crippen LogP contribution in [0.25, 0.3) is 0 Å². The first-order valence-corrected chi connectivity index (χ1v) is 5.90. The third-order valence-electron chi connectivity index (χ3n) is 3.06. The van der Waals surface area contributed by atoms with E-state index in [0.29, 0.717) is 6.61 Å². The summed E-state index contributed by atoms with van der Waals surface area (Å²) >= 11 is 0. The highest BCUT2D eigenvalue weighted by molar-refractivity contribution is 5.02. The van der Waals surface area contributed by atoms with Crippen LogP contribution in [0.4, 0.5) is 0 Å². The topological polar surface area (TPSA) is 60.2 Å². The second-order valence-corrected chi connectivity index (χ2v) is 4.47. The highest BCUT2D eigenvalue weighted by Gasteiger charge is 2.31. The molecule has 0 radical (unpaired) electrons. The molecule has 1 aliphatic rings. The molecule has 0 aromatic carbocycles. The molecule has 1 saturated heterocycles. The zero-order chi connectivity index (χ0) is 11.5. The predicted octanol–water partition coefficient (Wildman–Crippen LogP) is 1.15. The highest BCUT2D eigenvalue weighted by atomic mass is 16.5. The number of nitrogens with zero attached hydrogens (tertiary/aromatic N) is 3. The maximum atomic E-state index is 10.3. The van der Waals surface area contributed by atoms with Gasteiger partial charge >= 0.3 is 0 Å². The molecule has 0 spiro atoms. The van der Waals surface area contributed by atoms with Gasteiger partial charge in [0.25, 0.3) is 0 Å². The molecule has 0 aliphatic carbocycles. The Kier molecular flexibility index (Phi) is 3.56. The first-order chi connectivity index (χ1) is 7.72. The van der Waals surface area contributed by atoms with Gasteiger partial charge in [0.2, 0.25) is 0 Å². The summed E-state index contributed by atoms with van der Waals surface area (Å²) < 4.78 is 7.26. The zero-order valence-corrected chi connectivity index (χ0v) is 9.83. The summed E-state index contributed by atoms with van der Waals surface area (Å²) in [5.41, 5.74) is 0.810. The maximum absolute atomic E-state index is 10.3. The van der Waals surface area contributed by atoms with Crippen LogP contribution in [0.3, 0.4) is 0 Å². The van der Waals surface area contributed by atoms with Crippen molar-refractivity contribution in [2.75, 3.05) is 6.61 Å². The highest BCUT2D eigenvalue weighted by Crippen LogP contribution is 2.31. The van der Waals surface area contributed by atoms with Crippen LogP contribution >= 0.6 is 0 Å². The summed E-state index contributed by atoms with van der Waals surface area (Å²) in [7, 11) is 0. The van der Waals surface area contributed by atoms with E-state index in [4.69, 9.17) is 4.74 Å². The van der Waals surface area contributed by atoms with Crippen LogP contribution in [0.2, 0.25) is 0 Å². The van der Waals surface area contributed by atoms with E-state index in [1.807, 2.05) is 6.92 Å². The van der Waals surface area contributed by atoms with Crippen molar-refractivity contribution in [2.45, 2.75) is 45.4 Å². The molecular weight excluding hydrogens is 206 g/mol. The number of hydrogen-bond acceptors (Lipinski definition) is 4. The molecule has 2 rings (SSSR count). The van der Waals surface area contributed by atoms with Gasteiger partial charge in [0.1, 0.15) is 6.10 Å². The van der Waals surface area contributed by atoms with Crippen LogP contribution in [0.1, 0.15) is 38.5 Å². The standard InChI is InChI=1S/C11H19N3O2/c1-3-4-14-10(6-12-13-14)11(15)9-5-8(2)16-7-9/h6,8-9,11,15H,3-5,7H2,1-2H3. The first-order valence-electron chi connectivity index (χ1n) is 5.90. The quantitative estimate of drug-likeness (QED) is 0.835. The van der Waals surface area contributed by atoms with E-state index >= 15 is 0 Å². The summed E-state index contributed by atoms with van der Waals surface area (Å²) in [6, 6.07) is 0. The minimum absolute atomic E-state index is 0.170. The fourth-order valence-electron chi connectivity index (χ4n) is 2.19. The summed E-state index contributed by atoms with van der Waals surface area (Å²) in [4.78, 5) is 0. The van der Waals surface area contributed by atoms with Crippen molar-refractivity contribution < 1.29 is 9.84 Å². The van der Waals surface area contributed by atoms with Gasteiger partial charge in [0.05, 0.1) is 24.6 Å². The van der Waals surface area contributed by atoms with E-state index < -0.39 is 6.10 Å². The molecule has 16 heavy (non-hydrogen) atoms. The Morgan fingerprint density at radius 1 is 1.69 bits per heavy atom. The molecule has 3 atom stereocenters. The van der Waals surface area contributed by atoms with Gasteiger partial charge < -0.3 is 9.84 Å². The second-order valence-electron chi connectivity index (χ2n) is 4.47. The van der Waals surface area contributed by atoms with Crippen LogP contribution in [0, 0.1) is 5.92 Å². The van der Waals surface area contributed by atoms with E-state index in [1.165, 1.54) is 0 Å². The lowest BCUT2D eigenvalue weighted by Gasteiger charge is -2.17. The Labute approximate surface area is 95.4 Å². The first kappa shape index (κ1) is 11.5. The van der Waals surface area contributed by atoms with Gasteiger partial charge in [-0.15, -0.1) is 5.10 Å². The van der Waals surface area contributed by atoms with E-state index in [9.17, 15) is 5.11 Å². The molecular formula is C11H19N3O2. The van der Waals surface area contributed by atoms with Crippen molar-refractivity contribution in [3.63, 3.8) is 0 Å². The van der Waals surface area contributed by atoms with Gasteiger partial charge in [-0.1, -0.05) is 12.1 Å². The molecule has 1 aliphatic heterocycles. The lowest BCUT2D eigenvalue weighted by atomic mass is 9.97. The van der Waals surface area contributed by atoms with Crippen LogP contribution in [0.5, 0.6) is 0 Å². The summed E-state index contributed by atoms with van der Waals surface area (Å²) in [5, 5.41) is 18.1. The predicted molar refractivity (Wildman–Crippen MR) is 58.8 cm³/mol. The summed E-state index contributed by atoms with van der Waals surface area (Å²) in [5.74, 6) is 0.170. The van der Waals surface area contributed by atoms with Gasteiger partial charge in [0.15, 0.2) is 0 Å². The Hall–Kier alpha value is -0.940. The van der Waals surface area contributed by atoms with Gasteiger partial charge in [-0.2, -0.15) is 0 Å². The molecule has 5 heteroatoms. The summed E-state index contributed by atoms with van der Waals surface area (Å²) in [6.45, 7) is 5.54. The van der Waals surface area contributed by atoms with Crippen molar-refractivity contribution in [3.05, 3.63) is 11.9 Å². The minimum atomic E-state index is -0.508. The van der Waals surface area contributed by atoms with E-state index in [-0.39, 0.29) is 12.0 Å². The van der Waals surface area contributed by atoms with Crippen LogP contribution in [-0.2, 0) is 11.3 Å². The number of aromatic nitrogens is 3. The number of rotatable bonds is 4. The number of aryl methyl sites for hydroxylation is 1. The van der Waals surface area contributed by atoms with Crippen LogP contribution in [-0.4, -0.2) is 32.8 Å². The normalized spacial score (nSPS) is 27.2. The molecule has 1 fully saturated rings. The van der Waals surface area contributed by atoms with E-state index in [1.54, 1.807) is 10.9 Å². The molecule has 3 unspecified atom stereocenters. The Bertz CT molecular complexity index is 340. The lowest BCUT2D eigenvalue weighted by molar-refractivity contribution is 0.0751. The van der Waals surface area contributed by atoms with Crippen molar-refractivity contribution >= 4 is 0 Å². The van der Waals surface area contributed by atoms with Crippen molar-refractivity contribution in [3.8, 4) is 0 Å². The Morgan fingerprint density at radius 3 is 3.12 bits per heavy atom. The fraction of sp³-hybridized carbons (Fsp3) is 0.818. The minimum Gasteiger partial charge on any atom is -0.386 e. The zero-order valence-electron chi connectivity index (χ0n) is 9.83. The average Bonchev–Trinajstić information content (AvgIpc) is 2.87. The van der Waals surface area contributed by atoms with Crippen molar-refractivity contribution in [1.29, 1.82) is 0 Å². The molecule has 90 valence electrons. The third-order valence-corrected chi connectivity index (χ3v) is 3.06. The molecule has 1 aromatic heterocycles. The Balaban J connectivity index is 2.07. The number of hydrogen-bond donors (Lipinski definition) is 1. The van der Waals surface area contributed by atoms with E-state index in [2.05, 4.69) is 17.2 Å². The van der Waals surface area contributed by atoms with Crippen molar-refractivity contribution in [2.24, 2.45) is 5.92 Å². The summed E-state index contributed by atoms with van der Waals surface area (Å²) in [6.07, 6.45) is 3.28. The fourth-order valence-corrected chi connectivity index (χ4v) is 2.19. The largest absolute Gasteiger partial charge is 0.386 e. The maximum Gasteiger partial charge on any atom is 0.102 e. The van der Waals surface area contributed by atoms with Gasteiger partial charge in [-0.25, -0.2) is 4.68 Å². The molecule has 5 nitrogen and oxygen atoms in total. The smallest absolute Gasteiger partial charge is 0.102 e. The Morgan fingerprint density at radius 2 is 2.50 bits per heavy atom. The molecule has 0 bridgehead atoms. The number of aliphatic hydroxyl groups excluding tert-OH is 1. The molecule has 1 N–H and O–H groups in total. The molecule has 0 amide bonds. The van der Waals surface area contributed by atoms with Crippen LogP contribution < -0.4 is 0 Å². The average molecular weight is 225 g/mol. The van der Waals surface area contributed by atoms with Gasteiger partial charge in [-0.3, -0.25) is 0 Å². The van der Waals surface area contributed by atoms with Crippen molar-refractivity contribution in [1.82, 2.24) is 15.0 Å². The van der Waals surface area contributed by atoms with Gasteiger partial charge in [0, 0.05) is 12.5 Å². The molecule has 1 aromatic rings. The third kappa shape index (κ3) is 2.25. The number of ether oxygens (including phenoxy) is 1. The van der Waals surface area contributed by atoms with E-state index in [0.717, 1.165) is 25.1 Å². The van der Waals surface area contributed by atoms with Gasteiger partial charge in [-0.05, 0) is 19.8 Å². The lowest BCUT2D eigenvalue weighted by Crippen LogP contribution is -2.17. The SMILES string of the molecule is CCCn1nncc1C(O)C1COC(C)C1. The monoisotopic (exact) mass is 225 g/mol. The second kappa shape index (κ2) is 4.93. The number of aliphatic hydroxyl groups is 1. The van der Waals surface area contributed by atoms with Crippen LogP contribution in [0.15, 0.2) is 6.20 Å².